The normalized spacial score (nSPS) is 13.8. The number of sulfonamides is 1. The fraction of sp³-hybridized carbons (Fsp3) is 0.381. The maximum atomic E-state index is 12.7. The highest BCUT2D eigenvalue weighted by Crippen LogP contribution is 2.35. The van der Waals surface area contributed by atoms with Gasteiger partial charge in [-0.2, -0.15) is 0 Å². The topological polar surface area (TPSA) is 103 Å². The van der Waals surface area contributed by atoms with Crippen LogP contribution in [0.15, 0.2) is 42.5 Å². The third-order valence-electron chi connectivity index (χ3n) is 4.58. The summed E-state index contributed by atoms with van der Waals surface area (Å²) in [5.41, 5.74) is 0.321. The van der Waals surface area contributed by atoms with Crippen LogP contribution in [0.1, 0.15) is 6.92 Å². The number of anilines is 1. The van der Waals surface area contributed by atoms with Crippen molar-refractivity contribution in [3.8, 4) is 23.0 Å². The van der Waals surface area contributed by atoms with Gasteiger partial charge in [0.1, 0.15) is 37.4 Å². The minimum absolute atomic E-state index is 0.207. The van der Waals surface area contributed by atoms with E-state index in [4.69, 9.17) is 18.9 Å². The molecular weight excluding hydrogens is 424 g/mol. The molecule has 1 N–H and O–H groups in total. The van der Waals surface area contributed by atoms with E-state index in [1.807, 2.05) is 0 Å². The molecule has 0 saturated heterocycles. The zero-order chi connectivity index (χ0) is 22.4. The first-order valence-corrected chi connectivity index (χ1v) is 11.6. The van der Waals surface area contributed by atoms with Crippen molar-refractivity contribution in [2.24, 2.45) is 0 Å². The van der Waals surface area contributed by atoms with Gasteiger partial charge in [0.25, 0.3) is 0 Å². The van der Waals surface area contributed by atoms with E-state index in [0.29, 0.717) is 41.9 Å². The lowest BCUT2D eigenvalue weighted by Crippen LogP contribution is -2.48. The monoisotopic (exact) mass is 450 g/mol. The molecule has 3 rings (SSSR count). The van der Waals surface area contributed by atoms with E-state index in [2.05, 4.69) is 5.32 Å². The number of nitrogens with zero attached hydrogens (tertiary/aromatic N) is 1. The van der Waals surface area contributed by atoms with E-state index in [1.54, 1.807) is 49.6 Å². The molecule has 1 atom stereocenters. The molecule has 0 fully saturated rings. The van der Waals surface area contributed by atoms with Crippen LogP contribution in [0, 0.1) is 0 Å². The van der Waals surface area contributed by atoms with Crippen LogP contribution in [-0.2, 0) is 14.8 Å². The van der Waals surface area contributed by atoms with Gasteiger partial charge in [-0.3, -0.25) is 9.10 Å². The highest BCUT2D eigenvalue weighted by molar-refractivity contribution is 7.92. The maximum Gasteiger partial charge on any atom is 0.243 e. The minimum atomic E-state index is -3.74. The van der Waals surface area contributed by atoms with Gasteiger partial charge in [0, 0.05) is 12.1 Å². The Labute approximate surface area is 181 Å². The Kier molecular flexibility index (Phi) is 7.11. The summed E-state index contributed by atoms with van der Waals surface area (Å²) in [4.78, 5) is 12.7. The van der Waals surface area contributed by atoms with E-state index in [-0.39, 0.29) is 13.2 Å². The molecule has 1 amide bonds. The van der Waals surface area contributed by atoms with Crippen LogP contribution in [-0.4, -0.2) is 60.1 Å². The molecule has 1 heterocycles. The number of hydrogen-bond donors (Lipinski definition) is 1. The van der Waals surface area contributed by atoms with Gasteiger partial charge in [0.05, 0.1) is 25.6 Å². The molecule has 0 radical (unpaired) electrons. The number of rotatable bonds is 9. The van der Waals surface area contributed by atoms with Crippen molar-refractivity contribution in [1.82, 2.24) is 5.32 Å². The van der Waals surface area contributed by atoms with Gasteiger partial charge in [0.2, 0.25) is 15.9 Å². The Hall–Kier alpha value is -3.14. The molecule has 0 spiro atoms. The number of hydrogen-bond acceptors (Lipinski definition) is 7. The standard InChI is InChI=1S/C21H26N2O7S/c1-15(21(24)22-9-10-28-18-6-4-5-17(14-18)27-2)23(31(3,25)26)16-7-8-19-20(13-16)30-12-11-29-19/h4-8,13-15H,9-12H2,1-3H3,(H,22,24). The average Bonchev–Trinajstić information content (AvgIpc) is 2.75. The first-order chi connectivity index (χ1) is 14.8. The summed E-state index contributed by atoms with van der Waals surface area (Å²) in [6.07, 6.45) is 1.06. The predicted molar refractivity (Wildman–Crippen MR) is 116 cm³/mol. The molecule has 168 valence electrons. The molecule has 1 aliphatic heterocycles. The van der Waals surface area contributed by atoms with Gasteiger partial charge in [-0.1, -0.05) is 6.07 Å². The van der Waals surface area contributed by atoms with Crippen LogP contribution >= 0.6 is 0 Å². The molecule has 2 aromatic carbocycles. The lowest BCUT2D eigenvalue weighted by Gasteiger charge is -2.29. The number of carbonyl (C=O) groups is 1. The van der Waals surface area contributed by atoms with Crippen molar-refractivity contribution in [2.45, 2.75) is 13.0 Å². The number of benzene rings is 2. The maximum absolute atomic E-state index is 12.7. The summed E-state index contributed by atoms with van der Waals surface area (Å²) >= 11 is 0. The first kappa shape index (κ1) is 22.5. The van der Waals surface area contributed by atoms with Crippen LogP contribution in [0.3, 0.4) is 0 Å². The summed E-state index contributed by atoms with van der Waals surface area (Å²) in [5, 5.41) is 2.71. The number of nitrogens with one attached hydrogen (secondary N) is 1. The number of methoxy groups -OCH3 is 1. The Morgan fingerprint density at radius 3 is 2.55 bits per heavy atom. The molecule has 31 heavy (non-hydrogen) atoms. The van der Waals surface area contributed by atoms with Crippen molar-refractivity contribution >= 4 is 21.6 Å². The van der Waals surface area contributed by atoms with Crippen molar-refractivity contribution in [3.05, 3.63) is 42.5 Å². The molecular formula is C21H26N2O7S. The van der Waals surface area contributed by atoms with Crippen LogP contribution < -0.4 is 28.6 Å². The second kappa shape index (κ2) is 9.78. The zero-order valence-electron chi connectivity index (χ0n) is 17.7. The Morgan fingerprint density at radius 2 is 1.84 bits per heavy atom. The summed E-state index contributed by atoms with van der Waals surface area (Å²) in [6.45, 7) is 2.75. The zero-order valence-corrected chi connectivity index (χ0v) is 18.5. The number of fused-ring (bicyclic) bond motifs is 1. The Bertz CT molecular complexity index is 1030. The smallest absolute Gasteiger partial charge is 0.243 e. The Balaban J connectivity index is 1.63. The van der Waals surface area contributed by atoms with E-state index in [9.17, 15) is 13.2 Å². The van der Waals surface area contributed by atoms with Crippen molar-refractivity contribution in [3.63, 3.8) is 0 Å². The Morgan fingerprint density at radius 1 is 1.13 bits per heavy atom. The number of ether oxygens (including phenoxy) is 4. The quantitative estimate of drug-likeness (QED) is 0.581. The molecule has 9 nitrogen and oxygen atoms in total. The van der Waals surface area contributed by atoms with Crippen LogP contribution in [0.4, 0.5) is 5.69 Å². The van der Waals surface area contributed by atoms with Crippen molar-refractivity contribution in [2.75, 3.05) is 44.0 Å². The predicted octanol–water partition coefficient (Wildman–Crippen LogP) is 1.82. The second-order valence-electron chi connectivity index (χ2n) is 6.88. The first-order valence-electron chi connectivity index (χ1n) is 9.73. The van der Waals surface area contributed by atoms with Gasteiger partial charge < -0.3 is 24.3 Å². The lowest BCUT2D eigenvalue weighted by molar-refractivity contribution is -0.121. The van der Waals surface area contributed by atoms with Crippen LogP contribution in [0.25, 0.3) is 0 Å². The third-order valence-corrected chi connectivity index (χ3v) is 5.82. The van der Waals surface area contributed by atoms with Crippen LogP contribution in [0.2, 0.25) is 0 Å². The number of amides is 1. The molecule has 0 bridgehead atoms. The van der Waals surface area contributed by atoms with Gasteiger partial charge in [-0.25, -0.2) is 8.42 Å². The van der Waals surface area contributed by atoms with E-state index in [1.165, 1.54) is 6.92 Å². The summed E-state index contributed by atoms with van der Waals surface area (Å²) < 4.78 is 47.7. The van der Waals surface area contributed by atoms with E-state index >= 15 is 0 Å². The second-order valence-corrected chi connectivity index (χ2v) is 8.74. The SMILES string of the molecule is COc1cccc(OCCNC(=O)C(C)N(c2ccc3c(c2)OCCO3)S(C)(=O)=O)c1. The highest BCUT2D eigenvalue weighted by Gasteiger charge is 2.30. The van der Waals surface area contributed by atoms with Crippen LogP contribution in [0.5, 0.6) is 23.0 Å². The highest BCUT2D eigenvalue weighted by atomic mass is 32.2. The van der Waals surface area contributed by atoms with Gasteiger partial charge in [-0.05, 0) is 31.2 Å². The lowest BCUT2D eigenvalue weighted by atomic mass is 10.2. The van der Waals surface area contributed by atoms with Gasteiger partial charge >= 0.3 is 0 Å². The molecule has 2 aromatic rings. The molecule has 1 unspecified atom stereocenters. The molecule has 10 heteroatoms. The number of carbonyl (C=O) groups excluding carboxylic acids is 1. The molecule has 0 aromatic heterocycles. The minimum Gasteiger partial charge on any atom is -0.497 e. The van der Waals surface area contributed by atoms with E-state index < -0.39 is 22.0 Å². The molecule has 0 saturated carbocycles. The summed E-state index contributed by atoms with van der Waals surface area (Å²) in [6, 6.07) is 10.9. The summed E-state index contributed by atoms with van der Waals surface area (Å²) in [7, 11) is -2.17. The van der Waals surface area contributed by atoms with E-state index in [0.717, 1.165) is 10.6 Å². The molecule has 1 aliphatic rings. The van der Waals surface area contributed by atoms with Gasteiger partial charge in [-0.15, -0.1) is 0 Å². The average molecular weight is 451 g/mol. The fourth-order valence-corrected chi connectivity index (χ4v) is 4.33. The van der Waals surface area contributed by atoms with Crippen molar-refractivity contribution < 1.29 is 32.2 Å². The fourth-order valence-electron chi connectivity index (χ4n) is 3.16. The van der Waals surface area contributed by atoms with Gasteiger partial charge in [0.15, 0.2) is 11.5 Å². The third kappa shape index (κ3) is 5.72. The molecule has 0 aliphatic carbocycles. The summed E-state index contributed by atoms with van der Waals surface area (Å²) in [5.74, 6) is 1.80. The largest absolute Gasteiger partial charge is 0.497 e. The van der Waals surface area contributed by atoms with Crippen molar-refractivity contribution in [1.29, 1.82) is 0 Å².